The summed E-state index contributed by atoms with van der Waals surface area (Å²) >= 11 is 0. The Labute approximate surface area is 468 Å². The predicted molar refractivity (Wildman–Crippen MR) is 325 cm³/mol. The van der Waals surface area contributed by atoms with E-state index in [1.807, 2.05) is 21.1 Å². The molecule has 0 amide bonds. The second kappa shape index (κ2) is 56.6. The van der Waals surface area contributed by atoms with E-state index >= 15 is 0 Å². The Bertz CT molecular complexity index is 1600. The molecule has 0 rings (SSSR count). The van der Waals surface area contributed by atoms with E-state index in [-0.39, 0.29) is 32.0 Å². The molecule has 0 aliphatic heterocycles. The van der Waals surface area contributed by atoms with Crippen LogP contribution in [0.15, 0.2) is 97.2 Å². The zero-order valence-electron chi connectivity index (χ0n) is 49.7. The summed E-state index contributed by atoms with van der Waals surface area (Å²) < 4.78 is 34.5. The molecule has 0 fully saturated rings. The van der Waals surface area contributed by atoms with E-state index in [1.54, 1.807) is 0 Å². The van der Waals surface area contributed by atoms with E-state index in [0.717, 1.165) is 83.5 Å². The maximum absolute atomic E-state index is 12.8. The summed E-state index contributed by atoms with van der Waals surface area (Å²) in [5.41, 5.74) is 0. The number of phosphoric ester groups is 1. The van der Waals surface area contributed by atoms with Crippen LogP contribution in [0.4, 0.5) is 0 Å². The zero-order chi connectivity index (χ0) is 55.6. The molecule has 9 nitrogen and oxygen atoms in total. The first-order valence-corrected chi connectivity index (χ1v) is 32.5. The monoisotopic (exact) mass is 1080 g/mol. The van der Waals surface area contributed by atoms with Gasteiger partial charge in [-0.25, -0.2) is 4.57 Å². The number of ether oxygens (including phenoxy) is 2. The number of nitrogens with zero attached hydrogens (tertiary/aromatic N) is 1. The second-order valence-electron chi connectivity index (χ2n) is 21.7. The summed E-state index contributed by atoms with van der Waals surface area (Å²) in [6.07, 6.45) is 77.8. The van der Waals surface area contributed by atoms with Gasteiger partial charge in [0.25, 0.3) is 0 Å². The van der Waals surface area contributed by atoms with Crippen molar-refractivity contribution in [1.29, 1.82) is 0 Å². The second-order valence-corrected chi connectivity index (χ2v) is 23.2. The van der Waals surface area contributed by atoms with E-state index < -0.39 is 26.5 Å². The lowest BCUT2D eigenvalue weighted by atomic mass is 10.0. The molecule has 0 bridgehead atoms. The third-order valence-corrected chi connectivity index (χ3v) is 14.1. The molecule has 438 valence electrons. The molecule has 0 aromatic carbocycles. The molecule has 0 radical (unpaired) electrons. The van der Waals surface area contributed by atoms with Crippen molar-refractivity contribution in [1.82, 2.24) is 0 Å². The number of esters is 2. The number of quaternary nitrogens is 1. The van der Waals surface area contributed by atoms with Crippen LogP contribution in [0.25, 0.3) is 0 Å². The number of allylic oxidation sites excluding steroid dienone is 16. The summed E-state index contributed by atoms with van der Waals surface area (Å²) in [6, 6.07) is 0. The van der Waals surface area contributed by atoms with E-state index in [2.05, 4.69) is 111 Å². The van der Waals surface area contributed by atoms with Crippen LogP contribution in [0.2, 0.25) is 0 Å². The number of likely N-dealkylation sites (N-methyl/N-ethyl adjacent to an activating group) is 1. The molecule has 0 saturated carbocycles. The van der Waals surface area contributed by atoms with E-state index in [0.29, 0.717) is 17.4 Å². The summed E-state index contributed by atoms with van der Waals surface area (Å²) in [4.78, 5) is 35.7. The van der Waals surface area contributed by atoms with Crippen LogP contribution in [0.1, 0.15) is 258 Å². The zero-order valence-corrected chi connectivity index (χ0v) is 50.6. The molecule has 10 heteroatoms. The average Bonchev–Trinajstić information content (AvgIpc) is 3.38. The van der Waals surface area contributed by atoms with Crippen LogP contribution in [0, 0.1) is 0 Å². The molecule has 0 aliphatic carbocycles. The number of unbranched alkanes of at least 4 members (excludes halogenated alkanes) is 26. The van der Waals surface area contributed by atoms with Gasteiger partial charge >= 0.3 is 19.8 Å². The first-order valence-electron chi connectivity index (χ1n) is 31.0. The van der Waals surface area contributed by atoms with Gasteiger partial charge in [0.2, 0.25) is 0 Å². The molecule has 2 atom stereocenters. The first-order chi connectivity index (χ1) is 37.0. The fraction of sp³-hybridized carbons (Fsp3) is 0.727. The Kier molecular flexibility index (Phi) is 54.4. The number of phosphoric acid groups is 1. The normalized spacial score (nSPS) is 13.9. The average molecular weight is 1080 g/mol. The van der Waals surface area contributed by atoms with Crippen molar-refractivity contribution < 1.29 is 42.1 Å². The lowest BCUT2D eigenvalue weighted by molar-refractivity contribution is -0.870. The van der Waals surface area contributed by atoms with Gasteiger partial charge in [0.15, 0.2) is 6.10 Å². The van der Waals surface area contributed by atoms with Crippen molar-refractivity contribution in [3.8, 4) is 0 Å². The minimum Gasteiger partial charge on any atom is -0.462 e. The van der Waals surface area contributed by atoms with Crippen molar-refractivity contribution in [2.24, 2.45) is 0 Å². The van der Waals surface area contributed by atoms with Crippen LogP contribution in [-0.4, -0.2) is 74.9 Å². The molecule has 0 heterocycles. The quantitative estimate of drug-likeness (QED) is 0.0211. The Morgan fingerprint density at radius 3 is 1.13 bits per heavy atom. The number of hydrogen-bond acceptors (Lipinski definition) is 7. The van der Waals surface area contributed by atoms with Gasteiger partial charge < -0.3 is 18.9 Å². The van der Waals surface area contributed by atoms with Crippen molar-refractivity contribution in [2.45, 2.75) is 264 Å². The molecule has 0 aromatic heterocycles. The fourth-order valence-corrected chi connectivity index (χ4v) is 9.09. The Hall–Kier alpha value is -3.07. The molecule has 0 spiro atoms. The van der Waals surface area contributed by atoms with Crippen LogP contribution in [0.3, 0.4) is 0 Å². The largest absolute Gasteiger partial charge is 0.472 e. The van der Waals surface area contributed by atoms with Crippen molar-refractivity contribution >= 4 is 19.8 Å². The Morgan fingerprint density at radius 1 is 0.421 bits per heavy atom. The molecule has 0 aromatic rings. The van der Waals surface area contributed by atoms with Gasteiger partial charge in [-0.1, -0.05) is 246 Å². The van der Waals surface area contributed by atoms with E-state index in [1.165, 1.54) is 141 Å². The molecule has 0 saturated heterocycles. The van der Waals surface area contributed by atoms with Gasteiger partial charge in [-0.2, -0.15) is 0 Å². The molecule has 1 N–H and O–H groups in total. The van der Waals surface area contributed by atoms with Crippen LogP contribution in [-0.2, 0) is 32.7 Å². The van der Waals surface area contributed by atoms with E-state index in [9.17, 15) is 19.0 Å². The smallest absolute Gasteiger partial charge is 0.462 e. The summed E-state index contributed by atoms with van der Waals surface area (Å²) in [5.74, 6) is -0.834. The lowest BCUT2D eigenvalue weighted by Crippen LogP contribution is -2.37. The molecule has 0 aliphatic rings. The third-order valence-electron chi connectivity index (χ3n) is 13.1. The van der Waals surface area contributed by atoms with Crippen molar-refractivity contribution in [3.63, 3.8) is 0 Å². The lowest BCUT2D eigenvalue weighted by Gasteiger charge is -2.24. The highest BCUT2D eigenvalue weighted by molar-refractivity contribution is 7.47. The van der Waals surface area contributed by atoms with Gasteiger partial charge in [0.1, 0.15) is 19.8 Å². The van der Waals surface area contributed by atoms with Gasteiger partial charge in [-0.3, -0.25) is 18.6 Å². The highest BCUT2D eigenvalue weighted by Gasteiger charge is 2.27. The van der Waals surface area contributed by atoms with Gasteiger partial charge in [-0.15, -0.1) is 0 Å². The topological polar surface area (TPSA) is 108 Å². The summed E-state index contributed by atoms with van der Waals surface area (Å²) in [6.45, 7) is 4.28. The fourth-order valence-electron chi connectivity index (χ4n) is 8.34. The van der Waals surface area contributed by atoms with Crippen LogP contribution in [0.5, 0.6) is 0 Å². The minimum absolute atomic E-state index is 0.0212. The highest BCUT2D eigenvalue weighted by atomic mass is 31.2. The van der Waals surface area contributed by atoms with Crippen molar-refractivity contribution in [2.75, 3.05) is 47.5 Å². The molecular formula is C66H117NO8P+. The first kappa shape index (κ1) is 72.9. The van der Waals surface area contributed by atoms with Gasteiger partial charge in [0, 0.05) is 12.8 Å². The highest BCUT2D eigenvalue weighted by Crippen LogP contribution is 2.43. The van der Waals surface area contributed by atoms with Crippen LogP contribution >= 0.6 is 7.82 Å². The predicted octanol–water partition coefficient (Wildman–Crippen LogP) is 19.6. The molecular weight excluding hydrogens is 966 g/mol. The standard InChI is InChI=1S/C66H116NO8P/c1-6-8-10-12-14-16-18-20-22-24-26-27-28-29-30-31-32-33-34-35-36-37-38-39-41-42-44-46-48-50-52-54-56-58-65(68)72-62-64(63-74-76(70,71)73-61-60-67(3,4)5)75-66(69)59-57-55-53-51-49-47-45-43-40-25-23-21-19-17-15-13-11-9-7-2/h9,11,15,17-18,20-21,23-24,26,28-29,40,43,47,49,64H,6-8,10,12-14,16,19,22,25,27,30-39,41-42,44-46,48,50-63H2,1-5H3/p+1/b11-9-,17-15-,20-18-,23-21-,26-24-,29-28-,43-40-,49-47-. The van der Waals surface area contributed by atoms with Gasteiger partial charge in [0.05, 0.1) is 27.7 Å². The third kappa shape index (κ3) is 60.2. The summed E-state index contributed by atoms with van der Waals surface area (Å²) in [5, 5.41) is 0. The molecule has 76 heavy (non-hydrogen) atoms. The van der Waals surface area contributed by atoms with Crippen LogP contribution < -0.4 is 0 Å². The number of carbonyl (C=O) groups excluding carboxylic acids is 2. The van der Waals surface area contributed by atoms with Gasteiger partial charge in [-0.05, 0) is 96.3 Å². The van der Waals surface area contributed by atoms with E-state index in [4.69, 9.17) is 18.5 Å². The number of carbonyl (C=O) groups is 2. The Morgan fingerprint density at radius 2 is 0.750 bits per heavy atom. The maximum Gasteiger partial charge on any atom is 0.472 e. The van der Waals surface area contributed by atoms with Crippen molar-refractivity contribution in [3.05, 3.63) is 97.2 Å². The molecule has 2 unspecified atom stereocenters. The SMILES string of the molecule is CC/C=C\C/C=C\C/C=C\C/C=C\C/C=C\CCCCCC(=O)OC(COC(=O)CCCCCCCCCCCCCCCCCCCC/C=C\C/C=C\C/C=C\CCCCCCC)COP(=O)(O)OCC[N+](C)(C)C. The Balaban J connectivity index is 4.09. The maximum atomic E-state index is 12.8. The number of rotatable bonds is 56. The summed E-state index contributed by atoms with van der Waals surface area (Å²) in [7, 11) is 1.45. The minimum atomic E-state index is -4.40. The number of hydrogen-bond donors (Lipinski definition) is 1.